The molecule has 14 heavy (non-hydrogen) atoms. The molecule has 0 amide bonds. The van der Waals surface area contributed by atoms with Crippen LogP contribution in [-0.4, -0.2) is 34.7 Å². The van der Waals surface area contributed by atoms with Gasteiger partial charge in [-0.2, -0.15) is 0 Å². The van der Waals surface area contributed by atoms with E-state index in [0.717, 1.165) is 0 Å². The van der Waals surface area contributed by atoms with Crippen LogP contribution in [0.5, 0.6) is 0 Å². The van der Waals surface area contributed by atoms with Crippen molar-refractivity contribution in [1.29, 1.82) is 0 Å². The Morgan fingerprint density at radius 1 is 1.43 bits per heavy atom. The highest BCUT2D eigenvalue weighted by molar-refractivity contribution is 5.66. The molecule has 0 aliphatic carbocycles. The minimum Gasteiger partial charge on any atom is -0.481 e. The number of carbonyl (C=O) groups is 1. The standard InChI is InChI=1S/C10H20N2O2/c1-8-4-3-5-9(2)12(8)11-7-6-10(13)14/h8-9,11H,3-7H2,1-2H3,(H,13,14). The average Bonchev–Trinajstić information content (AvgIpc) is 2.09. The molecule has 1 heterocycles. The van der Waals surface area contributed by atoms with E-state index >= 15 is 0 Å². The number of hydrogen-bond acceptors (Lipinski definition) is 3. The quantitative estimate of drug-likeness (QED) is 0.716. The highest BCUT2D eigenvalue weighted by Gasteiger charge is 2.23. The van der Waals surface area contributed by atoms with E-state index in [1.807, 2.05) is 0 Å². The normalized spacial score (nSPS) is 29.0. The molecule has 0 saturated carbocycles. The molecule has 0 aromatic carbocycles. The monoisotopic (exact) mass is 200 g/mol. The van der Waals surface area contributed by atoms with Gasteiger partial charge in [0.2, 0.25) is 0 Å². The topological polar surface area (TPSA) is 52.6 Å². The van der Waals surface area contributed by atoms with Crippen molar-refractivity contribution in [2.24, 2.45) is 0 Å². The predicted octanol–water partition coefficient (Wildman–Crippen LogP) is 1.23. The molecule has 0 aromatic rings. The lowest BCUT2D eigenvalue weighted by Crippen LogP contribution is -2.52. The van der Waals surface area contributed by atoms with Crippen molar-refractivity contribution in [3.8, 4) is 0 Å². The highest BCUT2D eigenvalue weighted by atomic mass is 16.4. The lowest BCUT2D eigenvalue weighted by Gasteiger charge is -2.39. The molecule has 1 saturated heterocycles. The fraction of sp³-hybridized carbons (Fsp3) is 0.900. The molecule has 2 N–H and O–H groups in total. The van der Waals surface area contributed by atoms with Crippen LogP contribution >= 0.6 is 0 Å². The third kappa shape index (κ3) is 3.27. The smallest absolute Gasteiger partial charge is 0.304 e. The molecular weight excluding hydrogens is 180 g/mol. The molecule has 0 radical (unpaired) electrons. The van der Waals surface area contributed by atoms with Crippen LogP contribution in [-0.2, 0) is 4.79 Å². The molecule has 4 heteroatoms. The number of carboxylic acid groups (broad SMARTS) is 1. The summed E-state index contributed by atoms with van der Waals surface area (Å²) in [5.74, 6) is -0.741. The Morgan fingerprint density at radius 2 is 2.00 bits per heavy atom. The third-order valence-electron chi connectivity index (χ3n) is 2.83. The summed E-state index contributed by atoms with van der Waals surface area (Å²) < 4.78 is 0. The first-order chi connectivity index (χ1) is 6.61. The number of rotatable bonds is 4. The lowest BCUT2D eigenvalue weighted by molar-refractivity contribution is -0.137. The van der Waals surface area contributed by atoms with Gasteiger partial charge in [-0.05, 0) is 26.7 Å². The van der Waals surface area contributed by atoms with Crippen molar-refractivity contribution in [3.63, 3.8) is 0 Å². The van der Waals surface area contributed by atoms with Gasteiger partial charge in [-0.3, -0.25) is 10.2 Å². The fourth-order valence-electron chi connectivity index (χ4n) is 2.02. The summed E-state index contributed by atoms with van der Waals surface area (Å²) in [6.07, 6.45) is 3.87. The summed E-state index contributed by atoms with van der Waals surface area (Å²) in [5.41, 5.74) is 3.20. The van der Waals surface area contributed by atoms with Crippen molar-refractivity contribution in [2.75, 3.05) is 6.54 Å². The number of hydrazine groups is 1. The summed E-state index contributed by atoms with van der Waals surface area (Å²) in [6, 6.07) is 1.04. The Hall–Kier alpha value is -0.610. The van der Waals surface area contributed by atoms with Gasteiger partial charge in [-0.25, -0.2) is 5.01 Å². The highest BCUT2D eigenvalue weighted by Crippen LogP contribution is 2.19. The fourth-order valence-corrected chi connectivity index (χ4v) is 2.02. The van der Waals surface area contributed by atoms with Crippen LogP contribution in [0.15, 0.2) is 0 Å². The maximum Gasteiger partial charge on any atom is 0.304 e. The molecule has 0 bridgehead atoms. The van der Waals surface area contributed by atoms with E-state index in [0.29, 0.717) is 18.6 Å². The van der Waals surface area contributed by atoms with Gasteiger partial charge < -0.3 is 5.11 Å². The maximum absolute atomic E-state index is 10.3. The van der Waals surface area contributed by atoms with Crippen LogP contribution in [0.1, 0.15) is 39.5 Å². The Kier molecular flexibility index (Phi) is 4.35. The van der Waals surface area contributed by atoms with Crippen molar-refractivity contribution in [3.05, 3.63) is 0 Å². The molecule has 0 aromatic heterocycles. The number of aliphatic carboxylic acids is 1. The maximum atomic E-state index is 10.3. The van der Waals surface area contributed by atoms with Gasteiger partial charge in [0.15, 0.2) is 0 Å². The van der Waals surface area contributed by atoms with Crippen LogP contribution in [0.4, 0.5) is 0 Å². The molecule has 1 fully saturated rings. The van der Waals surface area contributed by atoms with Crippen LogP contribution in [0.25, 0.3) is 0 Å². The Morgan fingerprint density at radius 3 is 2.50 bits per heavy atom. The van der Waals surface area contributed by atoms with Crippen LogP contribution in [0.3, 0.4) is 0 Å². The van der Waals surface area contributed by atoms with E-state index in [4.69, 9.17) is 5.11 Å². The summed E-state index contributed by atoms with van der Waals surface area (Å²) in [7, 11) is 0. The lowest BCUT2D eigenvalue weighted by atomic mass is 10.00. The van der Waals surface area contributed by atoms with Crippen molar-refractivity contribution in [2.45, 2.75) is 51.6 Å². The Bertz CT molecular complexity index is 187. The molecule has 1 aliphatic heterocycles. The number of piperidine rings is 1. The second-order valence-corrected chi connectivity index (χ2v) is 4.09. The van der Waals surface area contributed by atoms with E-state index in [1.54, 1.807) is 0 Å². The van der Waals surface area contributed by atoms with E-state index < -0.39 is 5.97 Å². The Balaban J connectivity index is 2.29. The Labute approximate surface area is 85.3 Å². The molecule has 2 atom stereocenters. The number of carboxylic acids is 1. The van der Waals surface area contributed by atoms with E-state index in [2.05, 4.69) is 24.3 Å². The first-order valence-electron chi connectivity index (χ1n) is 5.35. The van der Waals surface area contributed by atoms with Gasteiger partial charge in [0.1, 0.15) is 0 Å². The number of hydrogen-bond donors (Lipinski definition) is 2. The zero-order valence-electron chi connectivity index (χ0n) is 8.99. The van der Waals surface area contributed by atoms with Crippen LogP contribution in [0.2, 0.25) is 0 Å². The number of nitrogens with one attached hydrogen (secondary N) is 1. The molecule has 82 valence electrons. The predicted molar refractivity (Wildman–Crippen MR) is 54.9 cm³/mol. The van der Waals surface area contributed by atoms with Gasteiger partial charge >= 0.3 is 5.97 Å². The average molecular weight is 200 g/mol. The largest absolute Gasteiger partial charge is 0.481 e. The summed E-state index contributed by atoms with van der Waals surface area (Å²) in [5, 5.41) is 10.7. The van der Waals surface area contributed by atoms with E-state index in [-0.39, 0.29) is 6.42 Å². The molecular formula is C10H20N2O2. The molecule has 1 aliphatic rings. The van der Waals surface area contributed by atoms with Gasteiger partial charge in [0.25, 0.3) is 0 Å². The molecule has 0 spiro atoms. The number of nitrogens with zero attached hydrogens (tertiary/aromatic N) is 1. The molecule has 4 nitrogen and oxygen atoms in total. The van der Waals surface area contributed by atoms with Crippen LogP contribution in [0, 0.1) is 0 Å². The van der Waals surface area contributed by atoms with E-state index in [9.17, 15) is 4.79 Å². The van der Waals surface area contributed by atoms with Gasteiger partial charge in [-0.1, -0.05) is 6.42 Å². The first-order valence-corrected chi connectivity index (χ1v) is 5.35. The zero-order valence-corrected chi connectivity index (χ0v) is 8.99. The summed E-state index contributed by atoms with van der Waals surface area (Å²) in [4.78, 5) is 10.3. The second-order valence-electron chi connectivity index (χ2n) is 4.09. The first kappa shape index (κ1) is 11.5. The minimum absolute atomic E-state index is 0.190. The van der Waals surface area contributed by atoms with E-state index in [1.165, 1.54) is 19.3 Å². The third-order valence-corrected chi connectivity index (χ3v) is 2.83. The zero-order chi connectivity index (χ0) is 10.6. The molecule has 1 rings (SSSR count). The van der Waals surface area contributed by atoms with Gasteiger partial charge in [-0.15, -0.1) is 0 Å². The van der Waals surface area contributed by atoms with Crippen LogP contribution < -0.4 is 5.43 Å². The molecule has 2 unspecified atom stereocenters. The van der Waals surface area contributed by atoms with Gasteiger partial charge in [0.05, 0.1) is 6.42 Å². The summed E-state index contributed by atoms with van der Waals surface area (Å²) in [6.45, 7) is 4.90. The SMILES string of the molecule is CC1CCCC(C)N1NCCC(=O)O. The van der Waals surface area contributed by atoms with Crippen molar-refractivity contribution >= 4 is 5.97 Å². The van der Waals surface area contributed by atoms with Crippen molar-refractivity contribution in [1.82, 2.24) is 10.4 Å². The minimum atomic E-state index is -0.741. The van der Waals surface area contributed by atoms with Gasteiger partial charge in [0, 0.05) is 18.6 Å². The second kappa shape index (κ2) is 5.32. The summed E-state index contributed by atoms with van der Waals surface area (Å²) >= 11 is 0. The van der Waals surface area contributed by atoms with Crippen molar-refractivity contribution < 1.29 is 9.90 Å².